The largest absolute Gasteiger partial charge is 0.497 e. The van der Waals surface area contributed by atoms with E-state index in [1.54, 1.807) is 32.2 Å². The van der Waals surface area contributed by atoms with Crippen molar-refractivity contribution in [2.45, 2.75) is 32.2 Å². The molecule has 9 heteroatoms. The van der Waals surface area contributed by atoms with Crippen molar-refractivity contribution >= 4 is 40.7 Å². The molecule has 35 heavy (non-hydrogen) atoms. The Kier molecular flexibility index (Phi) is 7.62. The van der Waals surface area contributed by atoms with Gasteiger partial charge in [0.25, 0.3) is 0 Å². The van der Waals surface area contributed by atoms with Crippen LogP contribution in [-0.2, 0) is 14.4 Å². The number of hydrogen-bond donors (Lipinski definition) is 2. The second-order valence-corrected chi connectivity index (χ2v) is 9.64. The molecule has 2 saturated heterocycles. The zero-order valence-corrected chi connectivity index (χ0v) is 21.0. The highest BCUT2D eigenvalue weighted by Gasteiger charge is 2.46. The van der Waals surface area contributed by atoms with Crippen LogP contribution in [0, 0.1) is 5.92 Å². The molecule has 2 fully saturated rings. The number of nitrogens with zero attached hydrogens (tertiary/aromatic N) is 2. The number of amides is 3. The van der Waals surface area contributed by atoms with Crippen LogP contribution in [-0.4, -0.2) is 66.9 Å². The predicted molar refractivity (Wildman–Crippen MR) is 136 cm³/mol. The molecule has 2 aliphatic rings. The van der Waals surface area contributed by atoms with Gasteiger partial charge in [0.1, 0.15) is 5.75 Å². The van der Waals surface area contributed by atoms with Crippen LogP contribution in [0.1, 0.15) is 31.7 Å². The fraction of sp³-hybridized carbons (Fsp3) is 0.423. The molecular weight excluding hydrogens is 468 g/mol. The average molecular weight is 499 g/mol. The van der Waals surface area contributed by atoms with Crippen molar-refractivity contribution in [2.24, 2.45) is 5.92 Å². The number of halogens is 1. The maximum absolute atomic E-state index is 12.8. The summed E-state index contributed by atoms with van der Waals surface area (Å²) in [5.41, 5.74) is 2.26. The molecule has 2 aliphatic heterocycles. The van der Waals surface area contributed by atoms with Gasteiger partial charge in [0.05, 0.1) is 24.4 Å². The lowest BCUT2D eigenvalue weighted by molar-refractivity contribution is -0.131. The molecule has 0 radical (unpaired) electrons. The van der Waals surface area contributed by atoms with Gasteiger partial charge in [0.15, 0.2) is 0 Å². The van der Waals surface area contributed by atoms with Crippen LogP contribution in [0.2, 0.25) is 5.02 Å². The van der Waals surface area contributed by atoms with E-state index in [1.807, 2.05) is 17.0 Å². The topological polar surface area (TPSA) is 91.0 Å². The minimum Gasteiger partial charge on any atom is -0.497 e. The molecule has 0 unspecified atom stereocenters. The van der Waals surface area contributed by atoms with Crippen molar-refractivity contribution < 1.29 is 19.1 Å². The Morgan fingerprint density at radius 1 is 1.06 bits per heavy atom. The van der Waals surface area contributed by atoms with E-state index < -0.39 is 0 Å². The van der Waals surface area contributed by atoms with E-state index in [0.29, 0.717) is 22.9 Å². The van der Waals surface area contributed by atoms with Crippen molar-refractivity contribution in [1.29, 1.82) is 0 Å². The molecule has 0 bridgehead atoms. The van der Waals surface area contributed by atoms with Crippen LogP contribution in [0.25, 0.3) is 0 Å². The number of benzene rings is 2. The lowest BCUT2D eigenvalue weighted by Crippen LogP contribution is -2.49. The van der Waals surface area contributed by atoms with Crippen molar-refractivity contribution in [2.75, 3.05) is 43.9 Å². The number of carbonyl (C=O) groups excluding carboxylic acids is 3. The summed E-state index contributed by atoms with van der Waals surface area (Å²) in [6.45, 7) is 5.45. The molecule has 4 rings (SSSR count). The van der Waals surface area contributed by atoms with Gasteiger partial charge in [-0.2, -0.15) is 0 Å². The summed E-state index contributed by atoms with van der Waals surface area (Å²) in [6, 6.07) is 13.2. The second kappa shape index (κ2) is 10.7. The fourth-order valence-electron chi connectivity index (χ4n) is 5.30. The molecule has 2 aromatic rings. The normalized spacial score (nSPS) is 21.8. The third-order valence-corrected chi connectivity index (χ3v) is 7.21. The van der Waals surface area contributed by atoms with Crippen LogP contribution < -0.4 is 15.4 Å². The summed E-state index contributed by atoms with van der Waals surface area (Å²) in [4.78, 5) is 40.5. The van der Waals surface area contributed by atoms with Gasteiger partial charge >= 0.3 is 0 Å². The highest BCUT2D eigenvalue weighted by Crippen LogP contribution is 2.41. The summed E-state index contributed by atoms with van der Waals surface area (Å²) in [7, 11) is 1.65. The highest BCUT2D eigenvalue weighted by molar-refractivity contribution is 6.34. The van der Waals surface area contributed by atoms with E-state index in [1.165, 1.54) is 12.5 Å². The standard InChI is InChI=1S/C26H31ClN4O4/c1-16(32)28-19-6-9-24(23(27)12-19)29-26(34)15-30-11-10-25-22(13-30)21(14-31(25)17(2)33)18-4-7-20(35-3)8-5-18/h4-9,12,21-22,25H,10-11,13-15H2,1-3H3,(H,28,32)(H,29,34)/t21-,22-,25-/m1/s1. The molecule has 2 heterocycles. The van der Waals surface area contributed by atoms with Gasteiger partial charge in [0, 0.05) is 57.0 Å². The van der Waals surface area contributed by atoms with Crippen LogP contribution in [0.5, 0.6) is 5.75 Å². The Hall–Kier alpha value is -3.10. The number of methoxy groups -OCH3 is 1. The van der Waals surface area contributed by atoms with Gasteiger partial charge in [-0.25, -0.2) is 0 Å². The Labute approximate surface area is 210 Å². The molecule has 186 valence electrons. The van der Waals surface area contributed by atoms with Gasteiger partial charge in [-0.3, -0.25) is 19.3 Å². The molecule has 0 saturated carbocycles. The first kappa shape index (κ1) is 25.0. The molecule has 3 atom stereocenters. The number of carbonyl (C=O) groups is 3. The Morgan fingerprint density at radius 2 is 1.80 bits per heavy atom. The van der Waals surface area contributed by atoms with E-state index in [9.17, 15) is 14.4 Å². The molecule has 0 spiro atoms. The molecule has 8 nitrogen and oxygen atoms in total. The quantitative estimate of drug-likeness (QED) is 0.635. The number of fused-ring (bicyclic) bond motifs is 1. The summed E-state index contributed by atoms with van der Waals surface area (Å²) in [5.74, 6) is 1.01. The maximum Gasteiger partial charge on any atom is 0.238 e. The Balaban J connectivity index is 1.42. The number of likely N-dealkylation sites (tertiary alicyclic amines) is 2. The van der Waals surface area contributed by atoms with Crippen LogP contribution in [0.4, 0.5) is 11.4 Å². The second-order valence-electron chi connectivity index (χ2n) is 9.23. The Bertz CT molecular complexity index is 1110. The SMILES string of the molecule is COc1ccc([C@H]2CN(C(C)=O)[C@@H]3CCN(CC(=O)Nc4ccc(NC(C)=O)cc4Cl)C[C@H]23)cc1. The first-order valence-corrected chi connectivity index (χ1v) is 12.1. The number of piperidine rings is 1. The number of ether oxygens (including phenoxy) is 1. The maximum atomic E-state index is 12.8. The summed E-state index contributed by atoms with van der Waals surface area (Å²) < 4.78 is 5.29. The van der Waals surface area contributed by atoms with E-state index in [2.05, 4.69) is 27.7 Å². The van der Waals surface area contributed by atoms with E-state index in [0.717, 1.165) is 25.3 Å². The van der Waals surface area contributed by atoms with Crippen molar-refractivity contribution in [3.05, 3.63) is 53.1 Å². The van der Waals surface area contributed by atoms with E-state index >= 15 is 0 Å². The van der Waals surface area contributed by atoms with Crippen LogP contribution >= 0.6 is 11.6 Å². The fourth-order valence-corrected chi connectivity index (χ4v) is 5.53. The molecular formula is C26H31ClN4O4. The van der Waals surface area contributed by atoms with Crippen molar-refractivity contribution in [3.8, 4) is 5.75 Å². The Morgan fingerprint density at radius 3 is 2.43 bits per heavy atom. The van der Waals surface area contributed by atoms with Gasteiger partial charge < -0.3 is 20.3 Å². The van der Waals surface area contributed by atoms with Gasteiger partial charge in [-0.1, -0.05) is 23.7 Å². The molecule has 2 N–H and O–H groups in total. The van der Waals surface area contributed by atoms with Gasteiger partial charge in [-0.05, 0) is 42.3 Å². The van der Waals surface area contributed by atoms with E-state index in [4.69, 9.17) is 16.3 Å². The number of hydrogen-bond acceptors (Lipinski definition) is 5. The zero-order chi connectivity index (χ0) is 25.1. The summed E-state index contributed by atoms with van der Waals surface area (Å²) in [6.07, 6.45) is 0.830. The molecule has 3 amide bonds. The predicted octanol–water partition coefficient (Wildman–Crippen LogP) is 3.58. The van der Waals surface area contributed by atoms with Crippen molar-refractivity contribution in [1.82, 2.24) is 9.80 Å². The number of nitrogens with one attached hydrogen (secondary N) is 2. The van der Waals surface area contributed by atoms with Gasteiger partial charge in [0.2, 0.25) is 17.7 Å². The van der Waals surface area contributed by atoms with Gasteiger partial charge in [-0.15, -0.1) is 0 Å². The third-order valence-electron chi connectivity index (χ3n) is 6.89. The summed E-state index contributed by atoms with van der Waals surface area (Å²) in [5, 5.41) is 5.90. The average Bonchev–Trinajstić information content (AvgIpc) is 3.20. The molecule has 2 aromatic carbocycles. The lowest BCUT2D eigenvalue weighted by Gasteiger charge is -2.38. The minimum atomic E-state index is -0.190. The highest BCUT2D eigenvalue weighted by atomic mass is 35.5. The summed E-state index contributed by atoms with van der Waals surface area (Å²) >= 11 is 6.30. The van der Waals surface area contributed by atoms with E-state index in [-0.39, 0.29) is 42.1 Å². The monoisotopic (exact) mass is 498 g/mol. The first-order valence-electron chi connectivity index (χ1n) is 11.8. The minimum absolute atomic E-state index is 0.0968. The first-order chi connectivity index (χ1) is 16.7. The molecule has 0 aromatic heterocycles. The van der Waals surface area contributed by atoms with Crippen LogP contribution in [0.3, 0.4) is 0 Å². The molecule has 0 aliphatic carbocycles. The lowest BCUT2D eigenvalue weighted by atomic mass is 9.82. The van der Waals surface area contributed by atoms with Crippen LogP contribution in [0.15, 0.2) is 42.5 Å². The number of anilines is 2. The zero-order valence-electron chi connectivity index (χ0n) is 20.2. The smallest absolute Gasteiger partial charge is 0.238 e. The number of rotatable bonds is 6. The van der Waals surface area contributed by atoms with Crippen molar-refractivity contribution in [3.63, 3.8) is 0 Å². The third kappa shape index (κ3) is 5.77.